The SMILES string of the molecule is O.[H-].[H-].[Ir].[K+].[Li+]. The average Bonchev–Trinajstić information content (AvgIpc) is 0. The standard InChI is InChI=1S/Ir.K.Li.H2O.2H/h;;;1H2;;/q;2*+1;;2*-1. The van der Waals surface area contributed by atoms with E-state index >= 15 is 0 Å². The van der Waals surface area contributed by atoms with Crippen molar-refractivity contribution in [3.63, 3.8) is 0 Å². The van der Waals surface area contributed by atoms with Crippen molar-refractivity contribution < 1.29 is 98.7 Å². The summed E-state index contributed by atoms with van der Waals surface area (Å²) in [5.74, 6) is 0. The predicted molar refractivity (Wildman–Crippen MR) is 5.84 cm³/mol. The monoisotopic (exact) mass is 259 g/mol. The molecule has 0 rings (SSSR count). The molecule has 0 aliphatic carbocycles. The maximum absolute atomic E-state index is 0. The van der Waals surface area contributed by atoms with Gasteiger partial charge in [-0.3, -0.25) is 0 Å². The quantitative estimate of drug-likeness (QED) is 0.387. The van der Waals surface area contributed by atoms with Crippen molar-refractivity contribution in [3.8, 4) is 0 Å². The summed E-state index contributed by atoms with van der Waals surface area (Å²) in [4.78, 5) is 0. The van der Waals surface area contributed by atoms with Crippen molar-refractivity contribution in [1.82, 2.24) is 0 Å². The summed E-state index contributed by atoms with van der Waals surface area (Å²) in [5, 5.41) is 0. The van der Waals surface area contributed by atoms with Crippen LogP contribution in [0.1, 0.15) is 2.85 Å². The Bertz CT molecular complexity index is 13.5. The first-order valence-corrected chi connectivity index (χ1v) is 0. The van der Waals surface area contributed by atoms with Crippen molar-refractivity contribution >= 4 is 0 Å². The molecular weight excluding hydrogens is 254 g/mol. The van der Waals surface area contributed by atoms with Crippen molar-refractivity contribution in [2.24, 2.45) is 0 Å². The van der Waals surface area contributed by atoms with Crippen LogP contribution < -0.4 is 70.2 Å². The Kier molecular flexibility index (Phi) is 123. The van der Waals surface area contributed by atoms with Gasteiger partial charge in [0.2, 0.25) is 0 Å². The van der Waals surface area contributed by atoms with Crippen LogP contribution in [0.15, 0.2) is 0 Å². The van der Waals surface area contributed by atoms with Crippen LogP contribution in [0.3, 0.4) is 0 Å². The fourth-order valence-corrected chi connectivity index (χ4v) is 0. The van der Waals surface area contributed by atoms with E-state index in [1.165, 1.54) is 0 Å². The molecule has 0 amide bonds. The summed E-state index contributed by atoms with van der Waals surface area (Å²) in [7, 11) is 0. The van der Waals surface area contributed by atoms with Gasteiger partial charge in [-0.25, -0.2) is 0 Å². The largest absolute Gasteiger partial charge is 1.00 e. The zero-order chi connectivity index (χ0) is 0. The van der Waals surface area contributed by atoms with Gasteiger partial charge in [0, 0.05) is 20.1 Å². The summed E-state index contributed by atoms with van der Waals surface area (Å²) < 4.78 is 0. The zero-order valence-corrected chi connectivity index (χ0v) is 8.35. The molecule has 0 saturated carbocycles. The second-order valence-electron chi connectivity index (χ2n) is 0. The van der Waals surface area contributed by atoms with Gasteiger partial charge in [0.05, 0.1) is 0 Å². The normalized spacial score (nSPS) is 0. The van der Waals surface area contributed by atoms with Crippen LogP contribution in [0.5, 0.6) is 0 Å². The molecule has 4 heavy (non-hydrogen) atoms. The van der Waals surface area contributed by atoms with Crippen LogP contribution in [0.4, 0.5) is 0 Å². The molecule has 0 aliphatic heterocycles. The van der Waals surface area contributed by atoms with E-state index in [0.29, 0.717) is 0 Å². The second-order valence-corrected chi connectivity index (χ2v) is 0. The Hall–Kier alpha value is 2.84. The summed E-state index contributed by atoms with van der Waals surface area (Å²) in [6.07, 6.45) is 0. The van der Waals surface area contributed by atoms with Gasteiger partial charge in [-0.1, -0.05) is 0 Å². The molecule has 0 unspecified atom stereocenters. The first-order chi connectivity index (χ1) is 0. The van der Waals surface area contributed by atoms with Gasteiger partial charge in [-0.15, -0.1) is 0 Å². The number of rotatable bonds is 0. The molecule has 0 saturated heterocycles. The van der Waals surface area contributed by atoms with E-state index in [4.69, 9.17) is 0 Å². The van der Waals surface area contributed by atoms with Gasteiger partial charge >= 0.3 is 70.2 Å². The molecule has 4 heteroatoms. The molecule has 0 aromatic rings. The smallest absolute Gasteiger partial charge is 1.00 e. The molecule has 0 fully saturated rings. The zero-order valence-electron chi connectivity index (χ0n) is 4.83. The molecule has 1 nitrogen and oxygen atoms in total. The van der Waals surface area contributed by atoms with E-state index in [1.807, 2.05) is 0 Å². The molecule has 2 N–H and O–H groups in total. The van der Waals surface area contributed by atoms with E-state index in [1.54, 1.807) is 0 Å². The van der Waals surface area contributed by atoms with Crippen molar-refractivity contribution in [3.05, 3.63) is 0 Å². The fourth-order valence-electron chi connectivity index (χ4n) is 0. The predicted octanol–water partition coefficient (Wildman–Crippen LogP) is -6.59. The van der Waals surface area contributed by atoms with Crippen LogP contribution in [0.25, 0.3) is 0 Å². The third kappa shape index (κ3) is 8.85. The second kappa shape index (κ2) is 17.0. The van der Waals surface area contributed by atoms with Crippen molar-refractivity contribution in [2.45, 2.75) is 0 Å². The third-order valence-electron chi connectivity index (χ3n) is 0. The van der Waals surface area contributed by atoms with Gasteiger partial charge in [0.1, 0.15) is 0 Å². The van der Waals surface area contributed by atoms with Gasteiger partial charge in [0.25, 0.3) is 0 Å². The third-order valence-corrected chi connectivity index (χ3v) is 0. The fraction of sp³-hybridized carbons (Fsp3) is 0. The molecule has 21 valence electrons. The van der Waals surface area contributed by atoms with Crippen LogP contribution >= 0.6 is 0 Å². The number of hydrogen-bond acceptors (Lipinski definition) is 0. The summed E-state index contributed by atoms with van der Waals surface area (Å²) >= 11 is 0. The van der Waals surface area contributed by atoms with Gasteiger partial charge in [-0.05, 0) is 0 Å². The first kappa shape index (κ1) is 28.9. The minimum Gasteiger partial charge on any atom is -1.00 e. The Labute approximate surface area is 96.5 Å². The number of hydrogen-bond donors (Lipinski definition) is 0. The Morgan fingerprint density at radius 2 is 1.25 bits per heavy atom. The maximum atomic E-state index is 0. The van der Waals surface area contributed by atoms with Crippen LogP contribution in [0.2, 0.25) is 0 Å². The summed E-state index contributed by atoms with van der Waals surface area (Å²) in [6.45, 7) is 0. The molecule has 0 atom stereocenters. The van der Waals surface area contributed by atoms with Crippen molar-refractivity contribution in [2.75, 3.05) is 0 Å². The van der Waals surface area contributed by atoms with Gasteiger partial charge in [-0.2, -0.15) is 0 Å². The molecule has 0 aromatic heterocycles. The molecule has 0 aromatic carbocycles. The maximum Gasteiger partial charge on any atom is 1.00 e. The van der Waals surface area contributed by atoms with Crippen LogP contribution in [-0.2, 0) is 20.1 Å². The van der Waals surface area contributed by atoms with E-state index < -0.39 is 0 Å². The molecule has 0 bridgehead atoms. The Balaban J connectivity index is 0. The van der Waals surface area contributed by atoms with E-state index in [9.17, 15) is 0 Å². The van der Waals surface area contributed by atoms with E-state index in [0.717, 1.165) is 0 Å². The summed E-state index contributed by atoms with van der Waals surface area (Å²) in [5.41, 5.74) is 0. The minimum atomic E-state index is 0. The Morgan fingerprint density at radius 1 is 1.25 bits per heavy atom. The average molecular weight is 258 g/mol. The summed E-state index contributed by atoms with van der Waals surface area (Å²) in [6, 6.07) is 0. The molecule has 1 radical (unpaired) electrons. The van der Waals surface area contributed by atoms with E-state index in [2.05, 4.69) is 0 Å². The first-order valence-electron chi connectivity index (χ1n) is 0. The molecule has 0 spiro atoms. The topological polar surface area (TPSA) is 31.5 Å². The Morgan fingerprint density at radius 3 is 1.25 bits per heavy atom. The van der Waals surface area contributed by atoms with Gasteiger partial charge < -0.3 is 8.33 Å². The van der Waals surface area contributed by atoms with Crippen molar-refractivity contribution in [1.29, 1.82) is 0 Å². The van der Waals surface area contributed by atoms with Crippen LogP contribution in [-0.4, -0.2) is 5.48 Å². The van der Waals surface area contributed by atoms with E-state index in [-0.39, 0.29) is 98.7 Å². The van der Waals surface area contributed by atoms with Gasteiger partial charge in [0.15, 0.2) is 0 Å². The molecule has 0 heterocycles. The van der Waals surface area contributed by atoms with Crippen LogP contribution in [0, 0.1) is 0 Å². The minimum absolute atomic E-state index is 0. The molecule has 0 aliphatic rings. The molecular formula is H4IrKLiO.